The SMILES string of the molecule is CCOc1ccc(-c2csc3nc(NC)nc(Cl)c23)cc1. The Kier molecular flexibility index (Phi) is 3.94. The number of benzene rings is 1. The fraction of sp³-hybridized carbons (Fsp3) is 0.200. The first kappa shape index (κ1) is 14.1. The summed E-state index contributed by atoms with van der Waals surface area (Å²) in [5, 5.41) is 6.33. The van der Waals surface area contributed by atoms with Crippen molar-refractivity contribution in [1.82, 2.24) is 9.97 Å². The Hall–Kier alpha value is -1.85. The number of halogens is 1. The maximum Gasteiger partial charge on any atom is 0.225 e. The fourth-order valence-corrected chi connectivity index (χ4v) is 3.40. The van der Waals surface area contributed by atoms with Crippen LogP contribution < -0.4 is 10.1 Å². The second-order valence-electron chi connectivity index (χ2n) is 4.37. The topological polar surface area (TPSA) is 47.0 Å². The molecule has 108 valence electrons. The lowest BCUT2D eigenvalue weighted by atomic mass is 10.1. The molecule has 0 unspecified atom stereocenters. The van der Waals surface area contributed by atoms with E-state index in [1.54, 1.807) is 18.4 Å². The third kappa shape index (κ3) is 2.66. The summed E-state index contributed by atoms with van der Waals surface area (Å²) in [5.41, 5.74) is 2.12. The van der Waals surface area contributed by atoms with Crippen LogP contribution in [0.1, 0.15) is 6.92 Å². The molecule has 1 aromatic carbocycles. The summed E-state index contributed by atoms with van der Waals surface area (Å²) in [7, 11) is 1.78. The Morgan fingerprint density at radius 2 is 2.00 bits per heavy atom. The maximum absolute atomic E-state index is 6.31. The van der Waals surface area contributed by atoms with E-state index in [-0.39, 0.29) is 0 Å². The molecule has 0 radical (unpaired) electrons. The van der Waals surface area contributed by atoms with Crippen LogP contribution in [0.25, 0.3) is 21.3 Å². The lowest BCUT2D eigenvalue weighted by Crippen LogP contribution is -1.96. The third-order valence-electron chi connectivity index (χ3n) is 3.09. The molecule has 3 aromatic rings. The van der Waals surface area contributed by atoms with Gasteiger partial charge in [0.25, 0.3) is 0 Å². The van der Waals surface area contributed by atoms with Gasteiger partial charge >= 0.3 is 0 Å². The number of aromatic nitrogens is 2. The Bertz CT molecular complexity index is 770. The highest BCUT2D eigenvalue weighted by Gasteiger charge is 2.13. The van der Waals surface area contributed by atoms with Crippen molar-refractivity contribution in [3.63, 3.8) is 0 Å². The molecular formula is C15H14ClN3OS. The molecule has 0 fully saturated rings. The van der Waals surface area contributed by atoms with Crippen molar-refractivity contribution in [2.75, 3.05) is 19.0 Å². The second-order valence-corrected chi connectivity index (χ2v) is 5.59. The molecule has 3 rings (SSSR count). The number of anilines is 1. The first-order chi connectivity index (χ1) is 10.2. The molecule has 4 nitrogen and oxygen atoms in total. The normalized spacial score (nSPS) is 10.8. The Balaban J connectivity index is 2.08. The van der Waals surface area contributed by atoms with Gasteiger partial charge in [0, 0.05) is 18.0 Å². The van der Waals surface area contributed by atoms with Gasteiger partial charge in [-0.1, -0.05) is 23.7 Å². The van der Waals surface area contributed by atoms with E-state index >= 15 is 0 Å². The van der Waals surface area contributed by atoms with E-state index in [2.05, 4.69) is 20.7 Å². The van der Waals surface area contributed by atoms with Gasteiger partial charge in [0.1, 0.15) is 15.7 Å². The van der Waals surface area contributed by atoms with E-state index in [0.717, 1.165) is 27.1 Å². The van der Waals surface area contributed by atoms with Gasteiger partial charge in [0.15, 0.2) is 0 Å². The molecule has 0 saturated heterocycles. The fourth-order valence-electron chi connectivity index (χ4n) is 2.12. The van der Waals surface area contributed by atoms with Crippen molar-refractivity contribution < 1.29 is 4.74 Å². The van der Waals surface area contributed by atoms with E-state index in [1.807, 2.05) is 31.2 Å². The van der Waals surface area contributed by atoms with Crippen LogP contribution in [0.5, 0.6) is 5.75 Å². The average Bonchev–Trinajstić information content (AvgIpc) is 2.93. The summed E-state index contributed by atoms with van der Waals surface area (Å²) in [6.07, 6.45) is 0. The summed E-state index contributed by atoms with van der Waals surface area (Å²) >= 11 is 7.87. The van der Waals surface area contributed by atoms with Crippen LogP contribution in [0, 0.1) is 0 Å². The van der Waals surface area contributed by atoms with Gasteiger partial charge in [-0.3, -0.25) is 0 Å². The number of nitrogens with zero attached hydrogens (tertiary/aromatic N) is 2. The van der Waals surface area contributed by atoms with Crippen molar-refractivity contribution in [3.8, 4) is 16.9 Å². The Morgan fingerprint density at radius 1 is 1.24 bits per heavy atom. The van der Waals surface area contributed by atoms with Crippen molar-refractivity contribution in [1.29, 1.82) is 0 Å². The van der Waals surface area contributed by atoms with E-state index in [1.165, 1.54) is 0 Å². The molecule has 0 saturated carbocycles. The summed E-state index contributed by atoms with van der Waals surface area (Å²) in [4.78, 5) is 9.56. The molecule has 2 aromatic heterocycles. The Morgan fingerprint density at radius 3 is 2.67 bits per heavy atom. The van der Waals surface area contributed by atoms with E-state index in [9.17, 15) is 0 Å². The highest BCUT2D eigenvalue weighted by molar-refractivity contribution is 7.17. The molecule has 6 heteroatoms. The molecule has 0 aliphatic carbocycles. The summed E-state index contributed by atoms with van der Waals surface area (Å²) < 4.78 is 5.46. The quantitative estimate of drug-likeness (QED) is 0.722. The minimum atomic E-state index is 0.467. The maximum atomic E-state index is 6.31. The predicted molar refractivity (Wildman–Crippen MR) is 88.6 cm³/mol. The van der Waals surface area contributed by atoms with Gasteiger partial charge < -0.3 is 10.1 Å². The van der Waals surface area contributed by atoms with Crippen LogP contribution in [-0.4, -0.2) is 23.6 Å². The van der Waals surface area contributed by atoms with E-state index in [4.69, 9.17) is 16.3 Å². The molecule has 0 atom stereocenters. The number of nitrogens with one attached hydrogen (secondary N) is 1. The van der Waals surface area contributed by atoms with Crippen LogP contribution in [0.15, 0.2) is 29.6 Å². The van der Waals surface area contributed by atoms with Gasteiger partial charge in [-0.05, 0) is 24.6 Å². The molecule has 0 amide bonds. The molecule has 0 aliphatic rings. The first-order valence-corrected chi connectivity index (χ1v) is 7.84. The van der Waals surface area contributed by atoms with Crippen molar-refractivity contribution in [2.45, 2.75) is 6.92 Å². The molecule has 0 bridgehead atoms. The van der Waals surface area contributed by atoms with Crippen LogP contribution in [0.3, 0.4) is 0 Å². The summed E-state index contributed by atoms with van der Waals surface area (Å²) in [6.45, 7) is 2.63. The van der Waals surface area contributed by atoms with Crippen molar-refractivity contribution in [2.24, 2.45) is 0 Å². The van der Waals surface area contributed by atoms with Crippen LogP contribution in [0.4, 0.5) is 5.95 Å². The molecule has 21 heavy (non-hydrogen) atoms. The zero-order valence-electron chi connectivity index (χ0n) is 11.7. The smallest absolute Gasteiger partial charge is 0.225 e. The van der Waals surface area contributed by atoms with Gasteiger partial charge in [0.2, 0.25) is 5.95 Å². The number of hydrogen-bond acceptors (Lipinski definition) is 5. The summed E-state index contributed by atoms with van der Waals surface area (Å²) in [6, 6.07) is 7.96. The number of thiophene rings is 1. The van der Waals surface area contributed by atoms with Crippen molar-refractivity contribution >= 4 is 39.1 Å². The average molecular weight is 320 g/mol. The second kappa shape index (κ2) is 5.87. The number of hydrogen-bond donors (Lipinski definition) is 1. The Labute approximate surface area is 131 Å². The monoisotopic (exact) mass is 319 g/mol. The zero-order valence-corrected chi connectivity index (χ0v) is 13.3. The zero-order chi connectivity index (χ0) is 14.8. The summed E-state index contributed by atoms with van der Waals surface area (Å²) in [5.74, 6) is 1.40. The van der Waals surface area contributed by atoms with E-state index < -0.39 is 0 Å². The molecule has 2 heterocycles. The molecule has 0 spiro atoms. The third-order valence-corrected chi connectivity index (χ3v) is 4.24. The minimum Gasteiger partial charge on any atom is -0.494 e. The van der Waals surface area contributed by atoms with E-state index in [0.29, 0.717) is 17.7 Å². The minimum absolute atomic E-state index is 0.467. The highest BCUT2D eigenvalue weighted by atomic mass is 35.5. The lowest BCUT2D eigenvalue weighted by Gasteiger charge is -2.05. The van der Waals surface area contributed by atoms with Crippen LogP contribution in [0.2, 0.25) is 5.15 Å². The predicted octanol–water partition coefficient (Wildman–Crippen LogP) is 4.45. The molecule has 0 aliphatic heterocycles. The van der Waals surface area contributed by atoms with Gasteiger partial charge in [0.05, 0.1) is 12.0 Å². The highest BCUT2D eigenvalue weighted by Crippen LogP contribution is 2.37. The number of rotatable bonds is 4. The standard InChI is InChI=1S/C15H14ClN3OS/c1-3-20-10-6-4-9(5-7-10)11-8-21-14-12(11)13(16)18-15(17-2)19-14/h4-8H,3H2,1-2H3,(H,17,18,19). The van der Waals surface area contributed by atoms with Gasteiger partial charge in [-0.2, -0.15) is 0 Å². The first-order valence-electron chi connectivity index (χ1n) is 6.58. The number of fused-ring (bicyclic) bond motifs is 1. The largest absolute Gasteiger partial charge is 0.494 e. The van der Waals surface area contributed by atoms with Gasteiger partial charge in [-0.25, -0.2) is 9.97 Å². The van der Waals surface area contributed by atoms with Crippen LogP contribution >= 0.6 is 22.9 Å². The van der Waals surface area contributed by atoms with Crippen LogP contribution in [-0.2, 0) is 0 Å². The van der Waals surface area contributed by atoms with Gasteiger partial charge in [-0.15, -0.1) is 11.3 Å². The molecular weight excluding hydrogens is 306 g/mol. The van der Waals surface area contributed by atoms with Crippen molar-refractivity contribution in [3.05, 3.63) is 34.8 Å². The lowest BCUT2D eigenvalue weighted by molar-refractivity contribution is 0.340. The molecule has 1 N–H and O–H groups in total. The number of ether oxygens (including phenoxy) is 1.